The van der Waals surface area contributed by atoms with E-state index in [2.05, 4.69) is 5.32 Å². The van der Waals surface area contributed by atoms with Gasteiger partial charge in [-0.3, -0.25) is 9.59 Å². The van der Waals surface area contributed by atoms with Gasteiger partial charge in [0.1, 0.15) is 18.4 Å². The molecule has 0 spiro atoms. The molecule has 9 nitrogen and oxygen atoms in total. The van der Waals surface area contributed by atoms with E-state index in [9.17, 15) is 24.6 Å². The summed E-state index contributed by atoms with van der Waals surface area (Å²) in [6.07, 6.45) is 3.32. The summed E-state index contributed by atoms with van der Waals surface area (Å²) in [6.45, 7) is 0.980. The Morgan fingerprint density at radius 3 is 2.22 bits per heavy atom. The predicted molar refractivity (Wildman–Crippen MR) is 119 cm³/mol. The molecular weight excluding hydrogens is 440 g/mol. The van der Waals surface area contributed by atoms with E-state index in [0.717, 1.165) is 25.7 Å². The fourth-order valence-electron chi connectivity index (χ4n) is 2.82. The number of quaternary nitrogens is 1. The van der Waals surface area contributed by atoms with E-state index >= 15 is 0 Å². The van der Waals surface area contributed by atoms with Crippen LogP contribution in [-0.2, 0) is 9.59 Å². The first-order valence-electron chi connectivity index (χ1n) is 10.5. The van der Waals surface area contributed by atoms with Crippen molar-refractivity contribution in [1.82, 2.24) is 5.32 Å². The first-order chi connectivity index (χ1) is 14.8. The van der Waals surface area contributed by atoms with Crippen molar-refractivity contribution in [3.63, 3.8) is 0 Å². The average molecular weight is 475 g/mol. The van der Waals surface area contributed by atoms with Gasteiger partial charge in [0, 0.05) is 17.5 Å². The Labute approximate surface area is 194 Å². The molecule has 1 amide bonds. The zero-order valence-electron chi connectivity index (χ0n) is 19.0. The number of aliphatic hydroxyl groups is 1. The predicted octanol–water partition coefficient (Wildman–Crippen LogP) is 1.39. The van der Waals surface area contributed by atoms with E-state index in [1.807, 2.05) is 21.1 Å². The number of phenols is 1. The summed E-state index contributed by atoms with van der Waals surface area (Å²) in [4.78, 5) is 32.1. The lowest BCUT2D eigenvalue weighted by molar-refractivity contribution is -0.873. The highest BCUT2D eigenvalue weighted by atomic mass is 35.5. The molecular formula is C22H35ClN2O7. The van der Waals surface area contributed by atoms with Crippen LogP contribution in [0.2, 0.25) is 5.02 Å². The van der Waals surface area contributed by atoms with E-state index in [-0.39, 0.29) is 30.1 Å². The Hall–Kier alpha value is -2.36. The highest BCUT2D eigenvalue weighted by Gasteiger charge is 2.17. The fourth-order valence-corrected chi connectivity index (χ4v) is 2.98. The van der Waals surface area contributed by atoms with Crippen LogP contribution in [0.3, 0.4) is 0 Å². The van der Waals surface area contributed by atoms with E-state index in [4.69, 9.17) is 21.8 Å². The number of carboxylic acid groups (broad SMARTS) is 2. The van der Waals surface area contributed by atoms with Gasteiger partial charge in [-0.25, -0.2) is 0 Å². The quantitative estimate of drug-likeness (QED) is 0.249. The molecule has 0 fully saturated rings. The second-order valence-electron chi connectivity index (χ2n) is 8.53. The number of nitrogens with zero attached hydrogens (tertiary/aromatic N) is 1. The molecule has 1 aromatic carbocycles. The number of benzene rings is 1. The minimum Gasteiger partial charge on any atom is -0.550 e. The Morgan fingerprint density at radius 1 is 1.09 bits per heavy atom. The largest absolute Gasteiger partial charge is 0.550 e. The summed E-state index contributed by atoms with van der Waals surface area (Å²) in [5.74, 6) is -2.43. The van der Waals surface area contributed by atoms with Gasteiger partial charge in [-0.2, -0.15) is 0 Å². The van der Waals surface area contributed by atoms with E-state index in [1.165, 1.54) is 12.1 Å². The lowest BCUT2D eigenvalue weighted by Gasteiger charge is -2.25. The van der Waals surface area contributed by atoms with Crippen molar-refractivity contribution < 1.29 is 39.3 Å². The number of aliphatic hydroxyl groups excluding tert-OH is 1. The number of aromatic hydroxyl groups is 1. The Balaban J connectivity index is 0.000000739. The fraction of sp³-hybridized carbons (Fsp3) is 0.591. The number of amides is 1. The number of rotatable bonds is 13. The van der Waals surface area contributed by atoms with Crippen molar-refractivity contribution in [2.24, 2.45) is 0 Å². The zero-order valence-corrected chi connectivity index (χ0v) is 19.7. The molecule has 0 bridgehead atoms. The van der Waals surface area contributed by atoms with Crippen LogP contribution in [0.15, 0.2) is 18.2 Å². The number of carboxylic acids is 2. The molecule has 0 aromatic heterocycles. The van der Waals surface area contributed by atoms with Gasteiger partial charge in [-0.05, 0) is 37.5 Å². The van der Waals surface area contributed by atoms with Crippen LogP contribution in [0.4, 0.5) is 0 Å². The Kier molecular flexibility index (Phi) is 14.3. The van der Waals surface area contributed by atoms with Gasteiger partial charge in [0.25, 0.3) is 5.91 Å². The van der Waals surface area contributed by atoms with Crippen molar-refractivity contribution in [1.29, 1.82) is 0 Å². The van der Waals surface area contributed by atoms with Gasteiger partial charge in [-0.1, -0.05) is 30.9 Å². The summed E-state index contributed by atoms with van der Waals surface area (Å²) in [6, 6.07) is 4.36. The highest BCUT2D eigenvalue weighted by Crippen LogP contribution is 2.21. The normalized spacial score (nSPS) is 11.8. The molecule has 0 aliphatic rings. The molecule has 1 aromatic rings. The van der Waals surface area contributed by atoms with Gasteiger partial charge in [-0.15, -0.1) is 0 Å². The second kappa shape index (κ2) is 15.4. The van der Waals surface area contributed by atoms with Crippen molar-refractivity contribution in [3.8, 4) is 5.75 Å². The molecule has 1 atom stereocenters. The smallest absolute Gasteiger partial charge is 0.306 e. The van der Waals surface area contributed by atoms with Crippen molar-refractivity contribution >= 4 is 29.4 Å². The Morgan fingerprint density at radius 2 is 1.69 bits per heavy atom. The third kappa shape index (κ3) is 16.3. The molecule has 1 unspecified atom stereocenters. The van der Waals surface area contributed by atoms with Gasteiger partial charge < -0.3 is 35.0 Å². The summed E-state index contributed by atoms with van der Waals surface area (Å²) < 4.78 is 0.578. The molecule has 32 heavy (non-hydrogen) atoms. The average Bonchev–Trinajstić information content (AvgIpc) is 2.61. The number of carbonyl (C=O) groups excluding carboxylic acids is 2. The number of carbonyl (C=O) groups is 3. The molecule has 0 aliphatic heterocycles. The number of phenolic OH excluding ortho intramolecular Hbond substituents is 1. The number of hydrogen-bond donors (Lipinski definition) is 4. The van der Waals surface area contributed by atoms with Gasteiger partial charge in [0.2, 0.25) is 0 Å². The van der Waals surface area contributed by atoms with Crippen LogP contribution in [0.5, 0.6) is 5.75 Å². The molecule has 4 N–H and O–H groups in total. The second-order valence-corrected chi connectivity index (χ2v) is 8.97. The first-order valence-corrected chi connectivity index (χ1v) is 10.9. The number of hydrogen-bond acceptors (Lipinski definition) is 6. The lowest BCUT2D eigenvalue weighted by Crippen LogP contribution is -2.42. The summed E-state index contributed by atoms with van der Waals surface area (Å²) in [5.41, 5.74) is 0.202. The number of aliphatic carboxylic acids is 2. The molecule has 0 saturated heterocycles. The van der Waals surface area contributed by atoms with Crippen LogP contribution < -0.4 is 10.4 Å². The molecule has 10 heteroatoms. The topological polar surface area (TPSA) is 147 Å². The maximum absolute atomic E-state index is 11.8. The molecule has 0 heterocycles. The van der Waals surface area contributed by atoms with E-state index < -0.39 is 18.0 Å². The molecule has 0 saturated carbocycles. The number of halogens is 1. The summed E-state index contributed by atoms with van der Waals surface area (Å²) in [5, 5.41) is 40.4. The van der Waals surface area contributed by atoms with Crippen LogP contribution in [0.25, 0.3) is 0 Å². The minimum atomic E-state index is -1.01. The number of unbranched alkanes of at least 4 members (excludes halogenated alkanes) is 4. The van der Waals surface area contributed by atoms with Crippen LogP contribution in [0, 0.1) is 0 Å². The van der Waals surface area contributed by atoms with E-state index in [0.29, 0.717) is 29.0 Å². The third-order valence-corrected chi connectivity index (χ3v) is 4.45. The maximum Gasteiger partial charge on any atom is 0.306 e. The monoisotopic (exact) mass is 474 g/mol. The maximum atomic E-state index is 11.8. The first kappa shape index (κ1) is 29.6. The molecule has 0 aliphatic carbocycles. The molecule has 1 rings (SSSR count). The van der Waals surface area contributed by atoms with Crippen molar-refractivity contribution in [3.05, 3.63) is 28.8 Å². The number of nitrogens with one attached hydrogen (secondary N) is 1. The van der Waals surface area contributed by atoms with Crippen molar-refractivity contribution in [2.45, 2.75) is 51.0 Å². The number of likely N-dealkylation sites (N-methyl/N-ethyl adjacent to an activating group) is 1. The highest BCUT2D eigenvalue weighted by molar-refractivity contribution is 6.30. The Bertz CT molecular complexity index is 735. The van der Waals surface area contributed by atoms with Gasteiger partial charge in [0.05, 0.1) is 33.1 Å². The van der Waals surface area contributed by atoms with Gasteiger partial charge in [0.15, 0.2) is 0 Å². The van der Waals surface area contributed by atoms with Crippen LogP contribution >= 0.6 is 11.6 Å². The molecule has 182 valence electrons. The lowest BCUT2D eigenvalue weighted by atomic mass is 10.1. The van der Waals surface area contributed by atoms with Crippen molar-refractivity contribution in [2.75, 3.05) is 34.2 Å². The SMILES string of the molecule is C[N+](C)(C)CC(O)CC(=O)O.O=C([O-])CCCCCCCNC(=O)c1ccc(Cl)cc1O. The summed E-state index contributed by atoms with van der Waals surface area (Å²) >= 11 is 5.70. The molecule has 0 radical (unpaired) electrons. The van der Waals surface area contributed by atoms with Crippen LogP contribution in [0.1, 0.15) is 55.3 Å². The minimum absolute atomic E-state index is 0.104. The zero-order chi connectivity index (χ0) is 24.7. The van der Waals surface area contributed by atoms with Crippen LogP contribution in [-0.4, -0.2) is 78.0 Å². The standard InChI is InChI=1S/C15H20ClNO4.C7H15NO3/c16-11-7-8-12(13(18)10-11)15(21)17-9-5-3-1-2-4-6-14(19)20;1-8(2,3)5-6(9)4-7(10)11/h7-8,10,18H,1-6,9H2,(H,17,21)(H,19,20);6,9H,4-5H2,1-3H3. The summed E-state index contributed by atoms with van der Waals surface area (Å²) in [7, 11) is 5.72. The van der Waals surface area contributed by atoms with E-state index in [1.54, 1.807) is 6.07 Å². The third-order valence-electron chi connectivity index (χ3n) is 4.22. The van der Waals surface area contributed by atoms with Gasteiger partial charge >= 0.3 is 5.97 Å².